The van der Waals surface area contributed by atoms with Crippen molar-refractivity contribution in [3.8, 4) is 0 Å². The summed E-state index contributed by atoms with van der Waals surface area (Å²) in [7, 11) is -12.9. The second-order valence-electron chi connectivity index (χ2n) is 10.8. The van der Waals surface area contributed by atoms with E-state index in [0.717, 1.165) is 21.0 Å². The van der Waals surface area contributed by atoms with Crippen LogP contribution in [0.1, 0.15) is 29.5 Å². The number of azide groups is 1. The second-order valence-corrected chi connectivity index (χ2v) is 15.9. The van der Waals surface area contributed by atoms with Crippen molar-refractivity contribution in [2.45, 2.75) is 60.4 Å². The highest BCUT2D eigenvalue weighted by Gasteiger charge is 2.44. The summed E-state index contributed by atoms with van der Waals surface area (Å²) in [4.78, 5) is 2.55. The van der Waals surface area contributed by atoms with E-state index in [2.05, 4.69) is 10.0 Å². The van der Waals surface area contributed by atoms with Gasteiger partial charge in [-0.15, -0.1) is 0 Å². The van der Waals surface area contributed by atoms with E-state index in [0.29, 0.717) is 0 Å². The molecular formula is C29H34N4O8S3. The van der Waals surface area contributed by atoms with Crippen LogP contribution >= 0.6 is 0 Å². The van der Waals surface area contributed by atoms with Gasteiger partial charge in [0.05, 0.1) is 40.0 Å². The van der Waals surface area contributed by atoms with Crippen LogP contribution in [0.4, 0.5) is 0 Å². The van der Waals surface area contributed by atoms with Crippen molar-refractivity contribution in [3.05, 3.63) is 99.9 Å². The molecule has 3 aromatic rings. The summed E-state index contributed by atoms with van der Waals surface area (Å²) in [6.45, 7) is 4.27. The minimum Gasteiger partial charge on any atom is -0.265 e. The lowest BCUT2D eigenvalue weighted by molar-refractivity contribution is 0.0717. The molecule has 3 aromatic carbocycles. The summed E-state index contributed by atoms with van der Waals surface area (Å²) < 4.78 is 92.4. The number of benzene rings is 3. The summed E-state index contributed by atoms with van der Waals surface area (Å²) >= 11 is 0. The average Bonchev–Trinajstić information content (AvgIpc) is 2.98. The number of sulfonamides is 1. The molecular weight excluding hydrogens is 629 g/mol. The van der Waals surface area contributed by atoms with E-state index >= 15 is 0 Å². The summed E-state index contributed by atoms with van der Waals surface area (Å²) in [5, 5.41) is 3.64. The normalized spacial score (nSPS) is 19.8. The number of hydrogen-bond donors (Lipinski definition) is 0. The second kappa shape index (κ2) is 13.8. The molecule has 2 unspecified atom stereocenters. The topological polar surface area (TPSA) is 173 Å². The number of rotatable bonds is 12. The first kappa shape index (κ1) is 33.6. The minimum atomic E-state index is -4.32. The van der Waals surface area contributed by atoms with E-state index < -0.39 is 61.5 Å². The van der Waals surface area contributed by atoms with Crippen molar-refractivity contribution in [3.63, 3.8) is 0 Å². The number of hydrogen-bond acceptors (Lipinski definition) is 9. The predicted octanol–water partition coefficient (Wildman–Crippen LogP) is 4.87. The summed E-state index contributed by atoms with van der Waals surface area (Å²) in [6, 6.07) is 16.0. The lowest BCUT2D eigenvalue weighted by Gasteiger charge is -2.43. The van der Waals surface area contributed by atoms with Crippen LogP contribution in [0.15, 0.2) is 92.6 Å². The van der Waals surface area contributed by atoms with E-state index in [4.69, 9.17) is 13.9 Å². The van der Waals surface area contributed by atoms with Crippen LogP contribution in [-0.4, -0.2) is 61.4 Å². The Morgan fingerprint density at radius 3 is 1.41 bits per heavy atom. The Morgan fingerprint density at radius 1 is 0.682 bits per heavy atom. The van der Waals surface area contributed by atoms with Crippen LogP contribution < -0.4 is 0 Å². The summed E-state index contributed by atoms with van der Waals surface area (Å²) in [5.41, 5.74) is 11.4. The van der Waals surface area contributed by atoms with Gasteiger partial charge in [-0.25, -0.2) is 8.42 Å². The lowest BCUT2D eigenvalue weighted by Crippen LogP contribution is -2.56. The van der Waals surface area contributed by atoms with E-state index in [9.17, 15) is 25.3 Å². The molecule has 1 fully saturated rings. The van der Waals surface area contributed by atoms with Gasteiger partial charge in [0.2, 0.25) is 10.0 Å². The van der Waals surface area contributed by atoms with Crippen molar-refractivity contribution in [1.82, 2.24) is 4.31 Å². The molecule has 0 bridgehead atoms. The molecule has 0 aliphatic carbocycles. The monoisotopic (exact) mass is 662 g/mol. The minimum absolute atomic E-state index is 0.0165. The van der Waals surface area contributed by atoms with Gasteiger partial charge in [-0.1, -0.05) is 58.2 Å². The molecule has 1 aliphatic heterocycles. The van der Waals surface area contributed by atoms with Crippen molar-refractivity contribution >= 4 is 30.3 Å². The van der Waals surface area contributed by atoms with Crippen molar-refractivity contribution in [2.75, 3.05) is 19.8 Å². The fraction of sp³-hybridized carbons (Fsp3) is 0.379. The molecule has 12 nitrogen and oxygen atoms in total. The Hall–Kier alpha value is -3.30. The maximum absolute atomic E-state index is 14.1. The van der Waals surface area contributed by atoms with Crippen molar-refractivity contribution in [2.24, 2.45) is 11.0 Å². The Balaban J connectivity index is 1.71. The van der Waals surface area contributed by atoms with Crippen LogP contribution in [0.3, 0.4) is 0 Å². The fourth-order valence-corrected chi connectivity index (χ4v) is 8.75. The Labute approximate surface area is 258 Å². The van der Waals surface area contributed by atoms with E-state index in [1.807, 2.05) is 0 Å². The molecule has 0 radical (unpaired) electrons. The highest BCUT2D eigenvalue weighted by atomic mass is 32.2. The maximum Gasteiger partial charge on any atom is 0.297 e. The fourth-order valence-electron chi connectivity index (χ4n) is 5.06. The Morgan fingerprint density at radius 2 is 1.05 bits per heavy atom. The summed E-state index contributed by atoms with van der Waals surface area (Å²) in [6.07, 6.45) is 0.184. The largest absolute Gasteiger partial charge is 0.297 e. The first-order chi connectivity index (χ1) is 20.7. The molecule has 44 heavy (non-hydrogen) atoms. The molecule has 1 saturated heterocycles. The SMILES string of the molecule is Cc1ccc(S(=O)(=O)OCC2CC(CN=[N+]=[N-])CC(COS(=O)(=O)c3ccc(C)cc3)N2S(=O)(=O)c2ccc(C)cc2)cc1. The molecule has 0 N–H and O–H groups in total. The van der Waals surface area contributed by atoms with Gasteiger partial charge in [0.25, 0.3) is 20.2 Å². The maximum atomic E-state index is 14.1. The van der Waals surface area contributed by atoms with Gasteiger partial charge in [-0.05, 0) is 81.5 Å². The average molecular weight is 663 g/mol. The van der Waals surface area contributed by atoms with Gasteiger partial charge in [0.15, 0.2) is 0 Å². The molecule has 0 aromatic heterocycles. The molecule has 2 atom stereocenters. The standard InChI is InChI=1S/C29H34N4O8S3/c1-21-4-10-27(11-5-21)42(34,35)33-25(19-40-43(36,37)28-12-6-22(2)7-13-28)16-24(18-31-32-30)17-26(33)20-41-44(38,39)29-14-8-23(3)9-15-29/h4-15,24-26H,16-20H2,1-3H3. The quantitative estimate of drug-likeness (QED) is 0.114. The van der Waals surface area contributed by atoms with E-state index in [1.54, 1.807) is 57.2 Å². The van der Waals surface area contributed by atoms with Crippen LogP contribution in [-0.2, 0) is 38.6 Å². The van der Waals surface area contributed by atoms with Crippen molar-refractivity contribution in [1.29, 1.82) is 0 Å². The number of piperidine rings is 1. The third-order valence-corrected chi connectivity index (χ3v) is 12.0. The summed E-state index contributed by atoms with van der Waals surface area (Å²) in [5.74, 6) is -0.415. The number of nitrogens with zero attached hydrogens (tertiary/aromatic N) is 4. The zero-order chi connectivity index (χ0) is 32.1. The molecule has 1 heterocycles. The predicted molar refractivity (Wildman–Crippen MR) is 163 cm³/mol. The number of aryl methyl sites for hydroxylation is 3. The van der Waals surface area contributed by atoms with Gasteiger partial charge in [0, 0.05) is 11.5 Å². The Kier molecular flexibility index (Phi) is 10.5. The van der Waals surface area contributed by atoms with E-state index in [-0.39, 0.29) is 34.1 Å². The third-order valence-electron chi connectivity index (χ3n) is 7.38. The molecule has 236 valence electrons. The first-order valence-corrected chi connectivity index (χ1v) is 18.0. The molecule has 0 spiro atoms. The van der Waals surface area contributed by atoms with Crippen LogP contribution in [0.5, 0.6) is 0 Å². The molecule has 0 amide bonds. The van der Waals surface area contributed by atoms with Crippen LogP contribution in [0, 0.1) is 26.7 Å². The van der Waals surface area contributed by atoms with Gasteiger partial charge in [-0.3, -0.25) is 8.37 Å². The third kappa shape index (κ3) is 8.04. The highest BCUT2D eigenvalue weighted by molar-refractivity contribution is 7.89. The first-order valence-electron chi connectivity index (χ1n) is 13.8. The smallest absolute Gasteiger partial charge is 0.265 e. The molecule has 1 aliphatic rings. The highest BCUT2D eigenvalue weighted by Crippen LogP contribution is 2.35. The molecule has 4 rings (SSSR count). The van der Waals surface area contributed by atoms with Gasteiger partial charge < -0.3 is 0 Å². The molecule has 15 heteroatoms. The van der Waals surface area contributed by atoms with Crippen LogP contribution in [0.25, 0.3) is 10.4 Å². The molecule has 0 saturated carbocycles. The van der Waals surface area contributed by atoms with Gasteiger partial charge in [0.1, 0.15) is 0 Å². The van der Waals surface area contributed by atoms with E-state index in [1.165, 1.54) is 36.4 Å². The van der Waals surface area contributed by atoms with Gasteiger partial charge >= 0.3 is 0 Å². The zero-order valence-corrected chi connectivity index (χ0v) is 26.9. The van der Waals surface area contributed by atoms with Crippen LogP contribution in [0.2, 0.25) is 0 Å². The zero-order valence-electron chi connectivity index (χ0n) is 24.5. The van der Waals surface area contributed by atoms with Gasteiger partial charge in [-0.2, -0.15) is 21.1 Å². The Bertz CT molecular complexity index is 1730. The van der Waals surface area contributed by atoms with Crippen molar-refractivity contribution < 1.29 is 33.6 Å². The lowest BCUT2D eigenvalue weighted by atomic mass is 9.88.